The second-order valence-corrected chi connectivity index (χ2v) is 12.7. The van der Waals surface area contributed by atoms with Crippen LogP contribution < -0.4 is 53.6 Å². The Morgan fingerprint density at radius 2 is 1.13 bits per heavy atom. The molecule has 0 radical (unpaired) electrons. The molecule has 0 aliphatic carbocycles. The first-order valence-corrected chi connectivity index (χ1v) is 17.1. The van der Waals surface area contributed by atoms with Crippen molar-refractivity contribution in [3.05, 3.63) is 179 Å². The molecule has 0 unspecified atom stereocenters. The average molecular weight is 714 g/mol. The summed E-state index contributed by atoms with van der Waals surface area (Å²) in [4.78, 5) is 17.1. The van der Waals surface area contributed by atoms with Crippen molar-refractivity contribution in [2.45, 2.75) is 19.8 Å². The van der Waals surface area contributed by atoms with Gasteiger partial charge in [-0.3, -0.25) is 4.98 Å². The first-order valence-electron chi connectivity index (χ1n) is 16.3. The van der Waals surface area contributed by atoms with Crippen LogP contribution in [0.25, 0.3) is 21.7 Å². The molecule has 7 nitrogen and oxygen atoms in total. The summed E-state index contributed by atoms with van der Waals surface area (Å²) in [5.41, 5.74) is 3.54. The Morgan fingerprint density at radius 1 is 0.635 bits per heavy atom. The second-order valence-electron chi connectivity index (χ2n) is 11.6. The smallest absolute Gasteiger partial charge is 0.545 e. The number of pyridine rings is 1. The van der Waals surface area contributed by atoms with Gasteiger partial charge in [0, 0.05) is 34.1 Å². The molecule has 0 aliphatic heterocycles. The van der Waals surface area contributed by atoms with Crippen LogP contribution in [0.4, 0.5) is 0 Å². The molecular formula is C43H32NNaO6S. The number of carbonyl (C=O) groups excluding carboxylic acids is 1. The molecule has 2 heterocycles. The first-order chi connectivity index (χ1) is 25.1. The monoisotopic (exact) mass is 713 g/mol. The van der Waals surface area contributed by atoms with Crippen LogP contribution in [-0.2, 0) is 24.6 Å². The van der Waals surface area contributed by atoms with E-state index in [0.29, 0.717) is 59.0 Å². The van der Waals surface area contributed by atoms with Crippen molar-refractivity contribution in [1.29, 1.82) is 0 Å². The van der Waals surface area contributed by atoms with Crippen LogP contribution in [0.5, 0.6) is 28.7 Å². The molecule has 7 aromatic rings. The number of nitrogens with zero attached hydrogens (tertiary/aromatic N) is 1. The maximum absolute atomic E-state index is 12.4. The summed E-state index contributed by atoms with van der Waals surface area (Å²) >= 11 is 1.38. The number of hydrogen-bond acceptors (Lipinski definition) is 8. The summed E-state index contributed by atoms with van der Waals surface area (Å²) in [6.45, 7) is 1.10. The molecule has 2 aromatic heterocycles. The molecule has 252 valence electrons. The summed E-state index contributed by atoms with van der Waals surface area (Å²) in [6, 6.07) is 44.1. The topological polar surface area (TPSA) is 89.9 Å². The number of benzene rings is 5. The zero-order chi connectivity index (χ0) is 34.8. The number of fused-ring (bicyclic) bond motifs is 1. The van der Waals surface area contributed by atoms with Crippen molar-refractivity contribution in [1.82, 2.24) is 4.98 Å². The van der Waals surface area contributed by atoms with Gasteiger partial charge in [0.2, 0.25) is 0 Å². The third kappa shape index (κ3) is 9.29. The Bertz CT molecular complexity index is 2250. The fourth-order valence-corrected chi connectivity index (χ4v) is 6.47. The van der Waals surface area contributed by atoms with Gasteiger partial charge in [0.25, 0.3) is 0 Å². The van der Waals surface area contributed by atoms with E-state index in [1.54, 1.807) is 30.6 Å². The zero-order valence-electron chi connectivity index (χ0n) is 28.4. The van der Waals surface area contributed by atoms with E-state index < -0.39 is 5.97 Å². The number of aliphatic carboxylic acids is 1. The normalized spacial score (nSPS) is 11.0. The summed E-state index contributed by atoms with van der Waals surface area (Å²) in [7, 11) is 0. The molecule has 0 saturated heterocycles. The van der Waals surface area contributed by atoms with Gasteiger partial charge in [-0.25, -0.2) is 0 Å². The molecule has 7 rings (SSSR count). The SMILES string of the molecule is O=C([O-])/C(=C/c1sc2cc(OCc3ccccc3)c(OCc3ccccc3)cc2c1Oc1ccc(OCc2ccccc2)cc1)c1ccncc1.[Na+]. The van der Waals surface area contributed by atoms with Gasteiger partial charge in [0.15, 0.2) is 17.2 Å². The van der Waals surface area contributed by atoms with E-state index in [-0.39, 0.29) is 35.1 Å². The third-order valence-electron chi connectivity index (χ3n) is 7.99. The minimum absolute atomic E-state index is 0. The van der Waals surface area contributed by atoms with Gasteiger partial charge < -0.3 is 28.8 Å². The van der Waals surface area contributed by atoms with Crippen LogP contribution in [0.3, 0.4) is 0 Å². The van der Waals surface area contributed by atoms with Crippen LogP contribution in [0, 0.1) is 0 Å². The molecular weight excluding hydrogens is 682 g/mol. The minimum Gasteiger partial charge on any atom is -0.545 e. The summed E-state index contributed by atoms with van der Waals surface area (Å²) in [5, 5.41) is 13.2. The molecule has 0 amide bonds. The van der Waals surface area contributed by atoms with E-state index in [1.807, 2.05) is 127 Å². The molecule has 52 heavy (non-hydrogen) atoms. The molecule has 0 bridgehead atoms. The number of rotatable bonds is 14. The van der Waals surface area contributed by atoms with E-state index in [2.05, 4.69) is 4.98 Å². The largest absolute Gasteiger partial charge is 1.00 e. The van der Waals surface area contributed by atoms with Crippen molar-refractivity contribution in [3.8, 4) is 28.7 Å². The predicted molar refractivity (Wildman–Crippen MR) is 198 cm³/mol. The minimum atomic E-state index is -1.32. The van der Waals surface area contributed by atoms with Crippen LogP contribution in [0.15, 0.2) is 152 Å². The fraction of sp³-hybridized carbons (Fsp3) is 0.0698. The Balaban J connectivity index is 0.00000464. The van der Waals surface area contributed by atoms with Gasteiger partial charge in [0.05, 0.1) is 10.8 Å². The quantitative estimate of drug-likeness (QED) is 0.0992. The standard InChI is InChI=1S/C43H33NO6S.Na/c45-43(46)36(33-20-22-44-23-21-33)25-41-42(50-35-18-16-34(17-19-35)47-27-30-10-4-1-5-11-30)37-24-38(48-28-31-12-6-2-7-13-31)39(26-40(37)51-41)49-29-32-14-8-3-9-15-32;/h1-26H,27-29H2,(H,45,46);/q;+1/p-1/b36-25+;. The molecule has 0 spiro atoms. The number of ether oxygens (including phenoxy) is 4. The third-order valence-corrected chi connectivity index (χ3v) is 9.07. The number of aromatic nitrogens is 1. The van der Waals surface area contributed by atoms with E-state index in [0.717, 1.165) is 26.8 Å². The fourth-order valence-electron chi connectivity index (χ4n) is 5.38. The average Bonchev–Trinajstić information content (AvgIpc) is 3.51. The van der Waals surface area contributed by atoms with E-state index >= 15 is 0 Å². The molecule has 0 aliphatic rings. The van der Waals surface area contributed by atoms with Crippen LogP contribution in [0.1, 0.15) is 27.1 Å². The second kappa shape index (κ2) is 17.7. The van der Waals surface area contributed by atoms with E-state index in [9.17, 15) is 9.90 Å². The van der Waals surface area contributed by atoms with Crippen molar-refractivity contribution in [2.24, 2.45) is 0 Å². The number of carboxylic acids is 1. The van der Waals surface area contributed by atoms with E-state index in [4.69, 9.17) is 18.9 Å². The van der Waals surface area contributed by atoms with Crippen LogP contribution in [-0.4, -0.2) is 11.0 Å². The van der Waals surface area contributed by atoms with Crippen molar-refractivity contribution < 1.29 is 58.4 Å². The summed E-state index contributed by atoms with van der Waals surface area (Å²) < 4.78 is 26.1. The molecule has 0 atom stereocenters. The molecule has 0 saturated carbocycles. The van der Waals surface area contributed by atoms with Gasteiger partial charge in [-0.05, 0) is 70.8 Å². The molecule has 9 heteroatoms. The van der Waals surface area contributed by atoms with Gasteiger partial charge in [-0.1, -0.05) is 91.0 Å². The Labute approximate surface area is 328 Å². The van der Waals surface area contributed by atoms with Gasteiger partial charge in [0.1, 0.15) is 31.3 Å². The predicted octanol–water partition coefficient (Wildman–Crippen LogP) is 6.12. The van der Waals surface area contributed by atoms with E-state index in [1.165, 1.54) is 11.3 Å². The number of carbonyl (C=O) groups is 1. The molecule has 5 aromatic carbocycles. The maximum Gasteiger partial charge on any atom is 1.00 e. The van der Waals surface area contributed by atoms with Gasteiger partial charge in [-0.2, -0.15) is 0 Å². The zero-order valence-corrected chi connectivity index (χ0v) is 31.3. The number of thiophene rings is 1. The molecule has 0 N–H and O–H groups in total. The maximum atomic E-state index is 12.4. The van der Waals surface area contributed by atoms with Crippen LogP contribution in [0.2, 0.25) is 0 Å². The summed E-state index contributed by atoms with van der Waals surface area (Å²) in [5.74, 6) is 1.48. The van der Waals surface area contributed by atoms with Gasteiger partial charge in [-0.15, -0.1) is 11.3 Å². The van der Waals surface area contributed by atoms with Crippen molar-refractivity contribution in [2.75, 3.05) is 0 Å². The number of carboxylic acid groups (broad SMARTS) is 1. The van der Waals surface area contributed by atoms with Crippen molar-refractivity contribution >= 4 is 39.0 Å². The summed E-state index contributed by atoms with van der Waals surface area (Å²) in [6.07, 6.45) is 4.67. The van der Waals surface area contributed by atoms with Crippen LogP contribution >= 0.6 is 11.3 Å². The Kier molecular flexibility index (Phi) is 12.4. The first kappa shape index (κ1) is 36.4. The Morgan fingerprint density at radius 3 is 1.67 bits per heavy atom. The molecule has 0 fully saturated rings. The van der Waals surface area contributed by atoms with Gasteiger partial charge >= 0.3 is 29.6 Å². The Hall–Kier alpha value is -5.38. The van der Waals surface area contributed by atoms with Crippen molar-refractivity contribution in [3.63, 3.8) is 0 Å². The number of hydrogen-bond donors (Lipinski definition) is 0.